The van der Waals surface area contributed by atoms with E-state index in [9.17, 15) is 0 Å². The maximum absolute atomic E-state index is 6.46. The van der Waals surface area contributed by atoms with Crippen molar-refractivity contribution in [3.05, 3.63) is 60.8 Å². The average Bonchev–Trinajstić information content (AvgIpc) is 2.75. The maximum atomic E-state index is 6.46. The molecule has 0 heterocycles. The quantitative estimate of drug-likeness (QED) is 0.258. The second-order valence-corrected chi connectivity index (χ2v) is 10.3. The number of benzene rings is 1. The summed E-state index contributed by atoms with van der Waals surface area (Å²) in [6.45, 7) is 16.5. The first-order valence-electron chi connectivity index (χ1n) is 11.9. The van der Waals surface area contributed by atoms with E-state index < -0.39 is 0 Å². The summed E-state index contributed by atoms with van der Waals surface area (Å²) in [6.07, 6.45) is 12.9. The van der Waals surface area contributed by atoms with Crippen molar-refractivity contribution in [3.63, 3.8) is 0 Å². The van der Waals surface area contributed by atoms with E-state index in [1.165, 1.54) is 62.2 Å². The molecule has 4 N–H and O–H groups in total. The SMILES string of the molecule is C=CN.C=C[C@H](c1ccc(C(C)(C)C)cc1)[C@@](C)(CC1CCCCC1)NC.CN(C)C=N. The molecule has 4 heteroatoms. The van der Waals surface area contributed by atoms with Gasteiger partial charge in [-0.15, -0.1) is 6.58 Å². The van der Waals surface area contributed by atoms with Crippen LogP contribution in [0.3, 0.4) is 0 Å². The molecule has 1 aromatic rings. The summed E-state index contributed by atoms with van der Waals surface area (Å²) in [5, 5.41) is 10.1. The van der Waals surface area contributed by atoms with Crippen LogP contribution in [-0.2, 0) is 5.41 Å². The molecule has 1 aliphatic rings. The summed E-state index contributed by atoms with van der Waals surface area (Å²) in [4.78, 5) is 1.67. The Bertz CT molecular complexity index is 651. The fourth-order valence-corrected chi connectivity index (χ4v) is 4.33. The molecule has 182 valence electrons. The standard InChI is InChI=1S/C23H37N.C3H8N2.C2H5N/c1-7-21(19-13-15-20(16-14-19)22(2,3)4)23(5,24-6)17-18-11-9-8-10-12-18;1-5(2)3-4;1-2-3/h7,13-16,18,21,24H,1,8-12,17H2,2-6H3;3-4H,1-2H3;2H,1,3H2/t21-,23-;;/m1../s1. The number of likely N-dealkylation sites (N-methyl/N-ethyl adjacent to an activating group) is 1. The molecule has 0 amide bonds. The largest absolute Gasteiger partial charge is 0.405 e. The van der Waals surface area contributed by atoms with Crippen LogP contribution in [0.15, 0.2) is 49.7 Å². The maximum Gasteiger partial charge on any atom is 0.0812 e. The number of nitrogens with zero attached hydrogens (tertiary/aromatic N) is 1. The van der Waals surface area contributed by atoms with E-state index in [0.717, 1.165) is 5.92 Å². The van der Waals surface area contributed by atoms with Crippen LogP contribution in [0.1, 0.15) is 83.3 Å². The van der Waals surface area contributed by atoms with Crippen LogP contribution in [0.4, 0.5) is 0 Å². The smallest absolute Gasteiger partial charge is 0.0812 e. The van der Waals surface area contributed by atoms with Crippen molar-refractivity contribution < 1.29 is 0 Å². The highest BCUT2D eigenvalue weighted by molar-refractivity contribution is 5.49. The molecule has 0 saturated heterocycles. The third-order valence-electron chi connectivity index (χ3n) is 6.32. The minimum Gasteiger partial charge on any atom is -0.405 e. The van der Waals surface area contributed by atoms with Crippen molar-refractivity contribution in [2.24, 2.45) is 11.7 Å². The topological polar surface area (TPSA) is 65.1 Å². The normalized spacial score (nSPS) is 16.7. The van der Waals surface area contributed by atoms with E-state index in [2.05, 4.69) is 89.3 Å². The molecule has 0 unspecified atom stereocenters. The van der Waals surface area contributed by atoms with Gasteiger partial charge in [0.25, 0.3) is 0 Å². The predicted octanol–water partition coefficient (Wildman–Crippen LogP) is 6.45. The average molecular weight is 443 g/mol. The van der Waals surface area contributed by atoms with E-state index in [-0.39, 0.29) is 11.0 Å². The van der Waals surface area contributed by atoms with E-state index in [1.807, 2.05) is 14.1 Å². The number of nitrogens with one attached hydrogen (secondary N) is 2. The molecule has 0 radical (unpaired) electrons. The van der Waals surface area contributed by atoms with Gasteiger partial charge in [-0.1, -0.05) is 89.8 Å². The van der Waals surface area contributed by atoms with Crippen LogP contribution in [0.5, 0.6) is 0 Å². The molecule has 4 nitrogen and oxygen atoms in total. The predicted molar refractivity (Wildman–Crippen MR) is 144 cm³/mol. The Kier molecular flexibility index (Phi) is 13.9. The van der Waals surface area contributed by atoms with Gasteiger partial charge in [-0.3, -0.25) is 5.41 Å². The molecule has 0 aromatic heterocycles. The van der Waals surface area contributed by atoms with Crippen LogP contribution in [0.2, 0.25) is 0 Å². The zero-order valence-electron chi connectivity index (χ0n) is 21.9. The summed E-state index contributed by atoms with van der Waals surface area (Å²) in [5.41, 5.74) is 7.67. The summed E-state index contributed by atoms with van der Waals surface area (Å²) >= 11 is 0. The van der Waals surface area contributed by atoms with Crippen LogP contribution >= 0.6 is 0 Å². The molecular formula is C28H50N4. The fraction of sp³-hybridized carbons (Fsp3) is 0.607. The van der Waals surface area contributed by atoms with Crippen LogP contribution in [-0.4, -0.2) is 37.9 Å². The van der Waals surface area contributed by atoms with E-state index in [0.29, 0.717) is 5.92 Å². The van der Waals surface area contributed by atoms with Gasteiger partial charge in [-0.25, -0.2) is 0 Å². The van der Waals surface area contributed by atoms with Crippen molar-refractivity contribution in [3.8, 4) is 0 Å². The molecule has 0 bridgehead atoms. The van der Waals surface area contributed by atoms with E-state index >= 15 is 0 Å². The Morgan fingerprint density at radius 1 is 1.09 bits per heavy atom. The van der Waals surface area contributed by atoms with Gasteiger partial charge in [0, 0.05) is 25.6 Å². The highest BCUT2D eigenvalue weighted by Crippen LogP contribution is 2.39. The van der Waals surface area contributed by atoms with Gasteiger partial charge in [0.15, 0.2) is 0 Å². The van der Waals surface area contributed by atoms with E-state index in [4.69, 9.17) is 5.41 Å². The summed E-state index contributed by atoms with van der Waals surface area (Å²) in [5.74, 6) is 1.20. The van der Waals surface area contributed by atoms with Gasteiger partial charge in [0.1, 0.15) is 0 Å². The molecule has 2 atom stereocenters. The Labute approximate surface area is 198 Å². The zero-order valence-corrected chi connectivity index (χ0v) is 21.9. The number of rotatable bonds is 7. The minimum absolute atomic E-state index is 0.0764. The Morgan fingerprint density at radius 2 is 1.56 bits per heavy atom. The molecule has 1 aliphatic carbocycles. The first-order valence-corrected chi connectivity index (χ1v) is 11.9. The lowest BCUT2D eigenvalue weighted by Crippen LogP contribution is -2.46. The molecule has 2 rings (SSSR count). The van der Waals surface area contributed by atoms with Gasteiger partial charge in [0.2, 0.25) is 0 Å². The highest BCUT2D eigenvalue weighted by atomic mass is 15.1. The monoisotopic (exact) mass is 442 g/mol. The van der Waals surface area contributed by atoms with Crippen LogP contribution in [0.25, 0.3) is 0 Å². The summed E-state index contributed by atoms with van der Waals surface area (Å²) < 4.78 is 0. The van der Waals surface area contributed by atoms with Gasteiger partial charge < -0.3 is 16.0 Å². The second kappa shape index (κ2) is 14.9. The second-order valence-electron chi connectivity index (χ2n) is 10.3. The third kappa shape index (κ3) is 10.5. The van der Waals surface area contributed by atoms with Crippen molar-refractivity contribution >= 4 is 6.34 Å². The zero-order chi connectivity index (χ0) is 24.8. The Hall–Kier alpha value is -2.07. The summed E-state index contributed by atoms with van der Waals surface area (Å²) in [7, 11) is 5.74. The number of hydrogen-bond donors (Lipinski definition) is 3. The van der Waals surface area contributed by atoms with Crippen molar-refractivity contribution in [1.29, 1.82) is 5.41 Å². The van der Waals surface area contributed by atoms with Crippen LogP contribution < -0.4 is 11.1 Å². The molecular weight excluding hydrogens is 392 g/mol. The fourth-order valence-electron chi connectivity index (χ4n) is 4.33. The lowest BCUT2D eigenvalue weighted by atomic mass is 9.72. The lowest BCUT2D eigenvalue weighted by Gasteiger charge is -2.40. The van der Waals surface area contributed by atoms with Crippen molar-refractivity contribution in [2.45, 2.75) is 83.1 Å². The first-order chi connectivity index (χ1) is 15.0. The molecule has 1 saturated carbocycles. The van der Waals surface area contributed by atoms with Crippen molar-refractivity contribution in [2.75, 3.05) is 21.1 Å². The van der Waals surface area contributed by atoms with Gasteiger partial charge in [-0.2, -0.15) is 0 Å². The van der Waals surface area contributed by atoms with Gasteiger partial charge >= 0.3 is 0 Å². The number of hydrogen-bond acceptors (Lipinski definition) is 3. The molecule has 1 aromatic carbocycles. The van der Waals surface area contributed by atoms with Gasteiger partial charge in [-0.05, 0) is 49.1 Å². The Balaban J connectivity index is 0.00000104. The highest BCUT2D eigenvalue weighted by Gasteiger charge is 2.34. The Morgan fingerprint density at radius 3 is 1.91 bits per heavy atom. The van der Waals surface area contributed by atoms with Gasteiger partial charge in [0.05, 0.1) is 6.34 Å². The van der Waals surface area contributed by atoms with E-state index in [1.54, 1.807) is 4.90 Å². The molecule has 1 fully saturated rings. The summed E-state index contributed by atoms with van der Waals surface area (Å²) in [6, 6.07) is 9.21. The third-order valence-corrected chi connectivity index (χ3v) is 6.32. The van der Waals surface area contributed by atoms with Crippen molar-refractivity contribution in [1.82, 2.24) is 10.2 Å². The minimum atomic E-state index is 0.0764. The lowest BCUT2D eigenvalue weighted by molar-refractivity contribution is 0.226. The molecule has 0 spiro atoms. The number of nitrogens with two attached hydrogens (primary N) is 1. The van der Waals surface area contributed by atoms with Crippen LogP contribution in [0, 0.1) is 11.3 Å². The molecule has 0 aliphatic heterocycles. The first kappa shape index (κ1) is 29.9. The molecule has 32 heavy (non-hydrogen) atoms.